The van der Waals surface area contributed by atoms with Gasteiger partial charge >= 0.3 is 0 Å². The molecule has 9 rings (SSSR count). The summed E-state index contributed by atoms with van der Waals surface area (Å²) in [7, 11) is 0. The van der Waals surface area contributed by atoms with Gasteiger partial charge in [-0.15, -0.1) is 0 Å². The lowest BCUT2D eigenvalue weighted by atomic mass is 9.81. The average Bonchev–Trinajstić information content (AvgIpc) is 3.57. The summed E-state index contributed by atoms with van der Waals surface area (Å²) in [6.45, 7) is 4.74. The summed E-state index contributed by atoms with van der Waals surface area (Å²) in [5.74, 6) is 0.997. The molecule has 0 N–H and O–H groups in total. The smallest absolute Gasteiger partial charge is 0.220 e. The second kappa shape index (κ2) is 5.64. The van der Waals surface area contributed by atoms with Gasteiger partial charge in [-0.1, -0.05) is 86.6 Å². The van der Waals surface area contributed by atoms with Crippen molar-refractivity contribution in [1.29, 1.82) is 0 Å². The van der Waals surface area contributed by atoms with E-state index in [0.29, 0.717) is 0 Å². The molecule has 0 amide bonds. The molecule has 1 aliphatic rings. The van der Waals surface area contributed by atoms with Crippen LogP contribution >= 0.6 is 0 Å². The van der Waals surface area contributed by atoms with Crippen molar-refractivity contribution in [2.45, 2.75) is 19.3 Å². The van der Waals surface area contributed by atoms with E-state index < -0.39 is 0 Å². The van der Waals surface area contributed by atoms with Crippen LogP contribution in [0.4, 0.5) is 0 Å². The Hall–Kier alpha value is -4.37. The topological polar surface area (TPSA) is 21.7 Å². The molecule has 1 aliphatic carbocycles. The zero-order valence-corrected chi connectivity index (χ0v) is 19.5. The molecule has 164 valence electrons. The molecule has 0 atom stereocenters. The van der Waals surface area contributed by atoms with Crippen molar-refractivity contribution in [3.63, 3.8) is 0 Å². The normalized spacial score (nSPS) is 14.8. The van der Waals surface area contributed by atoms with Crippen molar-refractivity contribution in [3.8, 4) is 11.1 Å². The van der Waals surface area contributed by atoms with Crippen LogP contribution in [0.25, 0.3) is 66.0 Å². The van der Waals surface area contributed by atoms with E-state index in [1.807, 2.05) is 0 Å². The Kier molecular flexibility index (Phi) is 2.90. The minimum absolute atomic E-state index is 0.0897. The zero-order chi connectivity index (χ0) is 23.1. The van der Waals surface area contributed by atoms with Crippen LogP contribution < -0.4 is 0 Å². The molecule has 0 spiro atoms. The molecule has 3 heterocycles. The third kappa shape index (κ3) is 1.92. The standard InChI is InChI=1S/C32H21N3/c1-32(2)24-12-6-5-10-20(24)21-14-15-23-22-11-7-13-26-29(22)35(30(23)28(21)32)31-33-25-16-18-8-3-4-9-19(18)17-27(25)34(26)31/h3-17H,1-2H3. The first-order valence-corrected chi connectivity index (χ1v) is 12.3. The first-order valence-electron chi connectivity index (χ1n) is 12.3. The minimum atomic E-state index is -0.0897. The van der Waals surface area contributed by atoms with E-state index in [1.165, 1.54) is 60.3 Å². The van der Waals surface area contributed by atoms with Crippen molar-refractivity contribution in [2.24, 2.45) is 0 Å². The number of nitrogens with zero attached hydrogens (tertiary/aromatic N) is 3. The molecule has 35 heavy (non-hydrogen) atoms. The molecule has 5 aromatic carbocycles. The fraction of sp³-hybridized carbons (Fsp3) is 0.0938. The van der Waals surface area contributed by atoms with E-state index in [4.69, 9.17) is 4.98 Å². The van der Waals surface area contributed by atoms with Crippen molar-refractivity contribution in [1.82, 2.24) is 13.8 Å². The Bertz CT molecular complexity index is 2190. The quantitative estimate of drug-likeness (QED) is 0.231. The second-order valence-corrected chi connectivity index (χ2v) is 10.5. The molecule has 3 nitrogen and oxygen atoms in total. The molecule has 0 radical (unpaired) electrons. The summed E-state index contributed by atoms with van der Waals surface area (Å²) in [5.41, 5.74) is 11.4. The van der Waals surface area contributed by atoms with Gasteiger partial charge in [-0.3, -0.25) is 8.80 Å². The summed E-state index contributed by atoms with van der Waals surface area (Å²) in [6.07, 6.45) is 0. The van der Waals surface area contributed by atoms with E-state index >= 15 is 0 Å². The van der Waals surface area contributed by atoms with Crippen molar-refractivity contribution in [2.75, 3.05) is 0 Å². The molecule has 8 aromatic rings. The summed E-state index contributed by atoms with van der Waals surface area (Å²) in [5, 5.41) is 5.08. The van der Waals surface area contributed by atoms with Gasteiger partial charge in [-0.05, 0) is 51.2 Å². The van der Waals surface area contributed by atoms with Crippen LogP contribution in [-0.2, 0) is 5.41 Å². The molecular formula is C32H21N3. The number of hydrogen-bond donors (Lipinski definition) is 0. The van der Waals surface area contributed by atoms with Crippen molar-refractivity contribution < 1.29 is 0 Å². The minimum Gasteiger partial charge on any atom is -0.277 e. The fourth-order valence-electron chi connectivity index (χ4n) is 6.91. The SMILES string of the molecule is CC1(C)c2ccccc2-c2ccc3c4cccc5c4n(c3c21)c1nc2cc3ccccc3cc2n51. The van der Waals surface area contributed by atoms with Gasteiger partial charge in [0.2, 0.25) is 5.78 Å². The van der Waals surface area contributed by atoms with Crippen LogP contribution in [0.1, 0.15) is 25.0 Å². The lowest BCUT2D eigenvalue weighted by Crippen LogP contribution is -2.16. The Morgan fingerprint density at radius 3 is 2.29 bits per heavy atom. The molecule has 3 heteroatoms. The van der Waals surface area contributed by atoms with Gasteiger partial charge in [0.1, 0.15) is 0 Å². The average molecular weight is 448 g/mol. The highest BCUT2D eigenvalue weighted by molar-refractivity contribution is 6.18. The van der Waals surface area contributed by atoms with Crippen LogP contribution in [-0.4, -0.2) is 13.8 Å². The number of fused-ring (bicyclic) bond motifs is 13. The van der Waals surface area contributed by atoms with Crippen molar-refractivity contribution in [3.05, 3.63) is 102 Å². The van der Waals surface area contributed by atoms with E-state index in [1.54, 1.807) is 0 Å². The molecule has 0 aliphatic heterocycles. The van der Waals surface area contributed by atoms with Crippen molar-refractivity contribution >= 4 is 54.9 Å². The Morgan fingerprint density at radius 2 is 1.40 bits per heavy atom. The maximum atomic E-state index is 5.25. The first-order chi connectivity index (χ1) is 17.1. The van der Waals surface area contributed by atoms with Gasteiger partial charge in [0.05, 0.1) is 27.6 Å². The molecular weight excluding hydrogens is 426 g/mol. The van der Waals surface area contributed by atoms with Crippen LogP contribution in [0.2, 0.25) is 0 Å². The number of para-hydroxylation sites is 1. The number of rotatable bonds is 0. The maximum absolute atomic E-state index is 5.25. The van der Waals surface area contributed by atoms with Gasteiger partial charge in [-0.2, -0.15) is 0 Å². The summed E-state index contributed by atoms with van der Waals surface area (Å²) in [6, 6.07) is 33.3. The van der Waals surface area contributed by atoms with Crippen LogP contribution in [0.3, 0.4) is 0 Å². The molecule has 0 saturated heterocycles. The highest BCUT2D eigenvalue weighted by Crippen LogP contribution is 2.53. The number of benzene rings is 5. The summed E-state index contributed by atoms with van der Waals surface area (Å²) < 4.78 is 4.80. The molecule has 0 unspecified atom stereocenters. The van der Waals surface area contributed by atoms with Gasteiger partial charge in [-0.25, -0.2) is 4.98 Å². The largest absolute Gasteiger partial charge is 0.277 e. The van der Waals surface area contributed by atoms with E-state index in [0.717, 1.165) is 16.8 Å². The zero-order valence-electron chi connectivity index (χ0n) is 19.5. The predicted octanol–water partition coefficient (Wildman–Crippen LogP) is 7.94. The highest BCUT2D eigenvalue weighted by atomic mass is 15.2. The molecule has 0 bridgehead atoms. The predicted molar refractivity (Wildman–Crippen MR) is 145 cm³/mol. The summed E-state index contributed by atoms with van der Waals surface area (Å²) >= 11 is 0. The highest BCUT2D eigenvalue weighted by Gasteiger charge is 2.38. The molecule has 3 aromatic heterocycles. The third-order valence-corrected chi connectivity index (χ3v) is 8.39. The molecule has 0 fully saturated rings. The first kappa shape index (κ1) is 18.0. The van der Waals surface area contributed by atoms with Gasteiger partial charge in [0.25, 0.3) is 0 Å². The van der Waals surface area contributed by atoms with Crippen LogP contribution in [0.5, 0.6) is 0 Å². The van der Waals surface area contributed by atoms with Gasteiger partial charge in [0, 0.05) is 16.2 Å². The van der Waals surface area contributed by atoms with Gasteiger partial charge < -0.3 is 0 Å². The fourth-order valence-corrected chi connectivity index (χ4v) is 6.91. The Balaban J connectivity index is 1.56. The monoisotopic (exact) mass is 447 g/mol. The Labute approximate surface area is 201 Å². The second-order valence-electron chi connectivity index (χ2n) is 10.5. The number of aromatic nitrogens is 3. The van der Waals surface area contributed by atoms with E-state index in [-0.39, 0.29) is 5.41 Å². The van der Waals surface area contributed by atoms with E-state index in [2.05, 4.69) is 114 Å². The van der Waals surface area contributed by atoms with Crippen LogP contribution in [0, 0.1) is 0 Å². The maximum Gasteiger partial charge on any atom is 0.220 e. The molecule has 0 saturated carbocycles. The lowest BCUT2D eigenvalue weighted by molar-refractivity contribution is 0.664. The third-order valence-electron chi connectivity index (χ3n) is 8.39. The number of hydrogen-bond acceptors (Lipinski definition) is 1. The number of imidazole rings is 2. The van der Waals surface area contributed by atoms with Crippen LogP contribution in [0.15, 0.2) is 91.0 Å². The summed E-state index contributed by atoms with van der Waals surface area (Å²) in [4.78, 5) is 5.25. The lowest BCUT2D eigenvalue weighted by Gasteiger charge is -2.22. The Morgan fingerprint density at radius 1 is 0.629 bits per heavy atom. The van der Waals surface area contributed by atoms with E-state index in [9.17, 15) is 0 Å². The van der Waals surface area contributed by atoms with Gasteiger partial charge in [0.15, 0.2) is 0 Å².